The molecular formula is C14H17ClFNO3S. The van der Waals surface area contributed by atoms with Crippen LogP contribution >= 0.6 is 10.7 Å². The fourth-order valence-corrected chi connectivity index (χ4v) is 3.08. The second-order valence-corrected chi connectivity index (χ2v) is 8.60. The summed E-state index contributed by atoms with van der Waals surface area (Å²) in [6.45, 7) is 5.30. The molecule has 1 aromatic rings. The minimum absolute atomic E-state index is 0.163. The van der Waals surface area contributed by atoms with Crippen LogP contribution in [0.3, 0.4) is 0 Å². The molecule has 0 atom stereocenters. The summed E-state index contributed by atoms with van der Waals surface area (Å²) >= 11 is 0. The van der Waals surface area contributed by atoms with Crippen molar-refractivity contribution in [2.24, 2.45) is 5.41 Å². The average molecular weight is 334 g/mol. The van der Waals surface area contributed by atoms with Gasteiger partial charge in [0, 0.05) is 23.8 Å². The molecule has 21 heavy (non-hydrogen) atoms. The Hall–Kier alpha value is -1.14. The summed E-state index contributed by atoms with van der Waals surface area (Å²) in [5.74, 6) is -1.24. The van der Waals surface area contributed by atoms with E-state index in [0.29, 0.717) is 13.1 Å². The molecule has 4 nitrogen and oxygen atoms in total. The fraction of sp³-hybridized carbons (Fsp3) is 0.500. The molecule has 0 aromatic heterocycles. The topological polar surface area (TPSA) is 54.5 Å². The quantitative estimate of drug-likeness (QED) is 0.782. The molecule has 0 bridgehead atoms. The van der Waals surface area contributed by atoms with Crippen molar-refractivity contribution in [3.8, 4) is 0 Å². The van der Waals surface area contributed by atoms with Crippen molar-refractivity contribution in [2.75, 3.05) is 13.1 Å². The van der Waals surface area contributed by atoms with E-state index < -0.39 is 20.8 Å². The van der Waals surface area contributed by atoms with Gasteiger partial charge >= 0.3 is 0 Å². The number of likely N-dealkylation sites (tertiary alicyclic amines) is 1. The SMILES string of the molecule is CC1(C)CCN(C(=O)c2cc(S(=O)(=O)Cl)ccc2F)CC1. The number of hydrogen-bond donors (Lipinski definition) is 0. The molecule has 1 aliphatic heterocycles. The number of benzene rings is 1. The molecule has 1 saturated heterocycles. The Balaban J connectivity index is 2.28. The van der Waals surface area contributed by atoms with Crippen molar-refractivity contribution in [3.63, 3.8) is 0 Å². The van der Waals surface area contributed by atoms with E-state index >= 15 is 0 Å². The summed E-state index contributed by atoms with van der Waals surface area (Å²) in [5.41, 5.74) is -0.0900. The smallest absolute Gasteiger partial charge is 0.261 e. The Morgan fingerprint density at radius 2 is 1.86 bits per heavy atom. The van der Waals surface area contributed by atoms with Crippen LogP contribution in [-0.4, -0.2) is 32.3 Å². The summed E-state index contributed by atoms with van der Waals surface area (Å²) in [4.78, 5) is 13.6. The standard InChI is InChI=1S/C14H17ClFNO3S/c1-14(2)5-7-17(8-6-14)13(18)11-9-10(21(15,19)20)3-4-12(11)16/h3-4,9H,5-8H2,1-2H3. The molecule has 0 unspecified atom stereocenters. The van der Waals surface area contributed by atoms with Gasteiger partial charge in [-0.1, -0.05) is 13.8 Å². The van der Waals surface area contributed by atoms with Gasteiger partial charge in [-0.15, -0.1) is 0 Å². The molecule has 2 rings (SSSR count). The summed E-state index contributed by atoms with van der Waals surface area (Å²) in [6.07, 6.45) is 1.65. The highest BCUT2D eigenvalue weighted by molar-refractivity contribution is 8.13. The molecule has 1 aromatic carbocycles. The number of hydrogen-bond acceptors (Lipinski definition) is 3. The molecule has 1 fully saturated rings. The molecule has 0 saturated carbocycles. The van der Waals surface area contributed by atoms with Gasteiger partial charge in [-0.3, -0.25) is 4.79 Å². The first kappa shape index (κ1) is 16.2. The van der Waals surface area contributed by atoms with E-state index in [4.69, 9.17) is 10.7 Å². The van der Waals surface area contributed by atoms with Crippen molar-refractivity contribution in [1.82, 2.24) is 4.90 Å². The first-order chi connectivity index (χ1) is 9.60. The highest BCUT2D eigenvalue weighted by Gasteiger charge is 2.29. The van der Waals surface area contributed by atoms with Gasteiger partial charge in [-0.2, -0.15) is 0 Å². The maximum atomic E-state index is 13.8. The van der Waals surface area contributed by atoms with Gasteiger partial charge in [0.15, 0.2) is 0 Å². The molecule has 0 aliphatic carbocycles. The van der Waals surface area contributed by atoms with Crippen LogP contribution in [0.25, 0.3) is 0 Å². The number of rotatable bonds is 2. The number of halogens is 2. The van der Waals surface area contributed by atoms with Crippen LogP contribution in [0.5, 0.6) is 0 Å². The Morgan fingerprint density at radius 1 is 1.29 bits per heavy atom. The van der Waals surface area contributed by atoms with Crippen molar-refractivity contribution in [1.29, 1.82) is 0 Å². The van der Waals surface area contributed by atoms with Gasteiger partial charge in [-0.05, 0) is 36.5 Å². The van der Waals surface area contributed by atoms with Crippen LogP contribution in [0.15, 0.2) is 23.1 Å². The monoisotopic (exact) mass is 333 g/mol. The van der Waals surface area contributed by atoms with Gasteiger partial charge in [0.25, 0.3) is 15.0 Å². The first-order valence-corrected chi connectivity index (χ1v) is 8.95. The summed E-state index contributed by atoms with van der Waals surface area (Å²) in [5, 5.41) is 0. The van der Waals surface area contributed by atoms with E-state index in [1.165, 1.54) is 0 Å². The van der Waals surface area contributed by atoms with Gasteiger partial charge in [0.2, 0.25) is 0 Å². The first-order valence-electron chi connectivity index (χ1n) is 6.64. The largest absolute Gasteiger partial charge is 0.339 e. The number of carbonyl (C=O) groups is 1. The van der Waals surface area contributed by atoms with Crippen molar-refractivity contribution in [3.05, 3.63) is 29.6 Å². The zero-order valence-electron chi connectivity index (χ0n) is 11.9. The Labute approximate surface area is 128 Å². The molecular weight excluding hydrogens is 317 g/mol. The van der Waals surface area contributed by atoms with Crippen molar-refractivity contribution >= 4 is 25.6 Å². The molecule has 0 N–H and O–H groups in total. The lowest BCUT2D eigenvalue weighted by atomic mass is 9.82. The van der Waals surface area contributed by atoms with Gasteiger partial charge in [0.1, 0.15) is 5.82 Å². The van der Waals surface area contributed by atoms with Crippen LogP contribution in [0.4, 0.5) is 4.39 Å². The average Bonchev–Trinajstić information content (AvgIpc) is 2.37. The highest BCUT2D eigenvalue weighted by atomic mass is 35.7. The molecule has 1 heterocycles. The van der Waals surface area contributed by atoms with Crippen molar-refractivity contribution < 1.29 is 17.6 Å². The zero-order valence-corrected chi connectivity index (χ0v) is 13.5. The predicted octanol–water partition coefficient (Wildman–Crippen LogP) is 3.02. The van der Waals surface area contributed by atoms with E-state index in [1.807, 2.05) is 0 Å². The molecule has 1 aliphatic rings. The van der Waals surface area contributed by atoms with Crippen LogP contribution in [0.1, 0.15) is 37.0 Å². The molecule has 1 amide bonds. The van der Waals surface area contributed by atoms with E-state index in [1.54, 1.807) is 4.90 Å². The third kappa shape index (κ3) is 3.74. The molecule has 0 radical (unpaired) electrons. The van der Waals surface area contributed by atoms with E-state index in [9.17, 15) is 17.6 Å². The third-order valence-electron chi connectivity index (χ3n) is 3.85. The summed E-state index contributed by atoms with van der Waals surface area (Å²) in [6, 6.07) is 3.00. The minimum atomic E-state index is -3.99. The highest BCUT2D eigenvalue weighted by Crippen LogP contribution is 2.30. The minimum Gasteiger partial charge on any atom is -0.339 e. The van der Waals surface area contributed by atoms with Gasteiger partial charge in [-0.25, -0.2) is 12.8 Å². The molecule has 0 spiro atoms. The zero-order chi connectivity index (χ0) is 15.8. The lowest BCUT2D eigenvalue weighted by Gasteiger charge is -2.37. The second kappa shape index (κ2) is 5.57. The van der Waals surface area contributed by atoms with Crippen LogP contribution < -0.4 is 0 Å². The normalized spacial score (nSPS) is 18.6. The predicted molar refractivity (Wildman–Crippen MR) is 78.4 cm³/mol. The Kier molecular flexibility index (Phi) is 4.31. The lowest BCUT2D eigenvalue weighted by molar-refractivity contribution is 0.0625. The Bertz CT molecular complexity index is 663. The van der Waals surface area contributed by atoms with Crippen LogP contribution in [0.2, 0.25) is 0 Å². The second-order valence-electron chi connectivity index (χ2n) is 6.04. The van der Waals surface area contributed by atoms with Crippen LogP contribution in [0, 0.1) is 11.2 Å². The summed E-state index contributed by atoms with van der Waals surface area (Å²) in [7, 11) is 1.25. The fourth-order valence-electron chi connectivity index (χ4n) is 2.31. The van der Waals surface area contributed by atoms with Crippen molar-refractivity contribution in [2.45, 2.75) is 31.6 Å². The number of amides is 1. The van der Waals surface area contributed by atoms with Gasteiger partial charge < -0.3 is 4.90 Å². The molecule has 116 valence electrons. The lowest BCUT2D eigenvalue weighted by Crippen LogP contribution is -2.41. The Morgan fingerprint density at radius 3 is 2.38 bits per heavy atom. The maximum absolute atomic E-state index is 13.8. The number of carbonyl (C=O) groups excluding carboxylic acids is 1. The van der Waals surface area contributed by atoms with E-state index in [2.05, 4.69) is 13.8 Å². The number of nitrogens with zero attached hydrogens (tertiary/aromatic N) is 1. The van der Waals surface area contributed by atoms with Crippen LogP contribution in [-0.2, 0) is 9.05 Å². The third-order valence-corrected chi connectivity index (χ3v) is 5.21. The van der Waals surface area contributed by atoms with E-state index in [-0.39, 0.29) is 15.9 Å². The molecule has 7 heteroatoms. The number of piperidine rings is 1. The van der Waals surface area contributed by atoms with E-state index in [0.717, 1.165) is 31.0 Å². The maximum Gasteiger partial charge on any atom is 0.261 e. The van der Waals surface area contributed by atoms with Gasteiger partial charge in [0.05, 0.1) is 10.5 Å². The summed E-state index contributed by atoms with van der Waals surface area (Å²) < 4.78 is 36.4.